The molecule has 1 aliphatic heterocycles. The van der Waals surface area contributed by atoms with E-state index in [9.17, 15) is 23.3 Å². The Morgan fingerprint density at radius 3 is 2.38 bits per heavy atom. The van der Waals surface area contributed by atoms with E-state index in [1.165, 1.54) is 26.2 Å². The van der Waals surface area contributed by atoms with Crippen LogP contribution in [0, 0.1) is 16.0 Å². The predicted molar refractivity (Wildman–Crippen MR) is 88.1 cm³/mol. The summed E-state index contributed by atoms with van der Waals surface area (Å²) in [6, 6.07) is 3.80. The van der Waals surface area contributed by atoms with Crippen LogP contribution in [0.2, 0.25) is 0 Å². The second-order valence-corrected chi connectivity index (χ2v) is 7.98. The summed E-state index contributed by atoms with van der Waals surface area (Å²) in [7, 11) is -1.10. The van der Waals surface area contributed by atoms with E-state index in [0.29, 0.717) is 31.6 Å². The average molecular weight is 356 g/mol. The van der Waals surface area contributed by atoms with E-state index < -0.39 is 14.9 Å². The number of nitrogens with two attached hydrogens (primary N) is 1. The maximum Gasteiger partial charge on any atom is 0.270 e. The Hall–Kier alpha value is -2.20. The Morgan fingerprint density at radius 1 is 1.33 bits per heavy atom. The SMILES string of the molecule is CN(C)S(=O)(=O)c1cc([N+](=O)[O-])ccc1N1CCC(C(N)=O)CC1. The number of hydrogen-bond donors (Lipinski definition) is 1. The van der Waals surface area contributed by atoms with Gasteiger partial charge in [0.2, 0.25) is 15.9 Å². The van der Waals surface area contributed by atoms with Crippen LogP contribution in [0.15, 0.2) is 23.1 Å². The minimum atomic E-state index is -3.85. The van der Waals surface area contributed by atoms with Gasteiger partial charge in [-0.2, -0.15) is 0 Å². The van der Waals surface area contributed by atoms with Crippen molar-refractivity contribution >= 4 is 27.3 Å². The number of nitrogens with zero attached hydrogens (tertiary/aromatic N) is 3. The average Bonchev–Trinajstić information content (AvgIpc) is 2.54. The summed E-state index contributed by atoms with van der Waals surface area (Å²) in [6.45, 7) is 0.919. The highest BCUT2D eigenvalue weighted by atomic mass is 32.2. The first-order valence-electron chi connectivity index (χ1n) is 7.40. The first-order valence-corrected chi connectivity index (χ1v) is 8.84. The van der Waals surface area contributed by atoms with Crippen molar-refractivity contribution in [3.63, 3.8) is 0 Å². The molecule has 1 heterocycles. The molecular weight excluding hydrogens is 336 g/mol. The second-order valence-electron chi connectivity index (χ2n) is 5.86. The molecule has 9 nitrogen and oxygen atoms in total. The van der Waals surface area contributed by atoms with Crippen LogP contribution in [0.3, 0.4) is 0 Å². The molecule has 2 rings (SSSR count). The van der Waals surface area contributed by atoms with Crippen molar-refractivity contribution in [2.24, 2.45) is 11.7 Å². The van der Waals surface area contributed by atoms with Crippen molar-refractivity contribution < 1.29 is 18.1 Å². The molecule has 0 atom stereocenters. The van der Waals surface area contributed by atoms with Crippen molar-refractivity contribution in [2.45, 2.75) is 17.7 Å². The predicted octanol–water partition coefficient (Wildman–Crippen LogP) is 0.547. The number of carbonyl (C=O) groups excluding carboxylic acids is 1. The first kappa shape index (κ1) is 18.1. The molecule has 0 bridgehead atoms. The molecule has 0 unspecified atom stereocenters. The number of piperidine rings is 1. The summed E-state index contributed by atoms with van der Waals surface area (Å²) < 4.78 is 26.1. The van der Waals surface area contributed by atoms with Crippen LogP contribution in [0.1, 0.15) is 12.8 Å². The summed E-state index contributed by atoms with van der Waals surface area (Å²) in [5, 5.41) is 11.0. The highest BCUT2D eigenvalue weighted by molar-refractivity contribution is 7.89. The van der Waals surface area contributed by atoms with E-state index >= 15 is 0 Å². The molecule has 1 aliphatic rings. The number of rotatable bonds is 5. The lowest BCUT2D eigenvalue weighted by molar-refractivity contribution is -0.385. The Bertz CT molecular complexity index is 754. The number of benzene rings is 1. The first-order chi connectivity index (χ1) is 11.1. The third-order valence-electron chi connectivity index (χ3n) is 4.15. The van der Waals surface area contributed by atoms with Gasteiger partial charge in [-0.05, 0) is 18.9 Å². The molecule has 24 heavy (non-hydrogen) atoms. The van der Waals surface area contributed by atoms with Crippen LogP contribution in [-0.4, -0.2) is 50.7 Å². The number of nitro groups is 1. The van der Waals surface area contributed by atoms with Crippen molar-refractivity contribution in [1.82, 2.24) is 4.31 Å². The number of anilines is 1. The molecule has 0 radical (unpaired) electrons. The van der Waals surface area contributed by atoms with Gasteiger partial charge in [0.05, 0.1) is 10.6 Å². The zero-order valence-corrected chi connectivity index (χ0v) is 14.3. The van der Waals surface area contributed by atoms with E-state index in [1.54, 1.807) is 0 Å². The standard InChI is InChI=1S/C14H20N4O5S/c1-16(2)24(22,23)13-9-11(18(20)21)3-4-12(13)17-7-5-10(6-8-17)14(15)19/h3-4,9-10H,5-8H2,1-2H3,(H2,15,19). The van der Waals surface area contributed by atoms with E-state index in [-0.39, 0.29) is 22.4 Å². The largest absolute Gasteiger partial charge is 0.370 e. The number of hydrogen-bond acceptors (Lipinski definition) is 6. The topological polar surface area (TPSA) is 127 Å². The van der Waals surface area contributed by atoms with Gasteiger partial charge < -0.3 is 10.6 Å². The summed E-state index contributed by atoms with van der Waals surface area (Å²) >= 11 is 0. The fraction of sp³-hybridized carbons (Fsp3) is 0.500. The molecular formula is C14H20N4O5S. The van der Waals surface area contributed by atoms with Gasteiger partial charge in [0.1, 0.15) is 4.90 Å². The maximum atomic E-state index is 12.5. The van der Waals surface area contributed by atoms with E-state index in [0.717, 1.165) is 10.4 Å². The highest BCUT2D eigenvalue weighted by Gasteiger charge is 2.30. The van der Waals surface area contributed by atoms with Gasteiger partial charge >= 0.3 is 0 Å². The summed E-state index contributed by atoms with van der Waals surface area (Å²) in [5.41, 5.74) is 5.42. The van der Waals surface area contributed by atoms with Crippen LogP contribution in [0.4, 0.5) is 11.4 Å². The molecule has 1 fully saturated rings. The van der Waals surface area contributed by atoms with Crippen LogP contribution in [-0.2, 0) is 14.8 Å². The van der Waals surface area contributed by atoms with Gasteiger partial charge in [-0.3, -0.25) is 14.9 Å². The lowest BCUT2D eigenvalue weighted by atomic mass is 9.96. The minimum Gasteiger partial charge on any atom is -0.370 e. The second kappa shape index (κ2) is 6.73. The van der Waals surface area contributed by atoms with Crippen LogP contribution in [0.5, 0.6) is 0 Å². The molecule has 1 amide bonds. The molecule has 10 heteroatoms. The molecule has 0 spiro atoms. The lowest BCUT2D eigenvalue weighted by Gasteiger charge is -2.33. The number of non-ortho nitro benzene ring substituents is 1. The normalized spacial score (nSPS) is 16.4. The lowest BCUT2D eigenvalue weighted by Crippen LogP contribution is -2.39. The van der Waals surface area contributed by atoms with Crippen molar-refractivity contribution in [3.8, 4) is 0 Å². The van der Waals surface area contributed by atoms with Crippen molar-refractivity contribution in [2.75, 3.05) is 32.1 Å². The van der Waals surface area contributed by atoms with Crippen molar-refractivity contribution in [3.05, 3.63) is 28.3 Å². The molecule has 0 aromatic heterocycles. The van der Waals surface area contributed by atoms with Crippen molar-refractivity contribution in [1.29, 1.82) is 0 Å². The molecule has 0 saturated carbocycles. The quantitative estimate of drug-likeness (QED) is 0.606. The fourth-order valence-corrected chi connectivity index (χ4v) is 3.81. The van der Waals surface area contributed by atoms with E-state index in [2.05, 4.69) is 0 Å². The molecule has 132 valence electrons. The van der Waals surface area contributed by atoms with Gasteiger partial charge in [0.25, 0.3) is 5.69 Å². The number of amides is 1. The third-order valence-corrected chi connectivity index (χ3v) is 6.00. The number of nitro benzene ring substituents is 1. The highest BCUT2D eigenvalue weighted by Crippen LogP contribution is 2.33. The number of primary amides is 1. The Morgan fingerprint density at radius 2 is 1.92 bits per heavy atom. The van der Waals surface area contributed by atoms with Gasteiger partial charge in [-0.1, -0.05) is 0 Å². The van der Waals surface area contributed by atoms with Gasteiger partial charge in [0.15, 0.2) is 0 Å². The summed E-state index contributed by atoms with van der Waals surface area (Å²) in [5.74, 6) is -0.590. The summed E-state index contributed by atoms with van der Waals surface area (Å²) in [6.07, 6.45) is 1.04. The van der Waals surface area contributed by atoms with Gasteiger partial charge in [0, 0.05) is 45.2 Å². The smallest absolute Gasteiger partial charge is 0.270 e. The Balaban J connectivity index is 2.43. The van der Waals surface area contributed by atoms with Crippen LogP contribution >= 0.6 is 0 Å². The van der Waals surface area contributed by atoms with Gasteiger partial charge in [-0.15, -0.1) is 0 Å². The number of carbonyl (C=O) groups is 1. The zero-order chi connectivity index (χ0) is 18.1. The Labute approximate surface area is 140 Å². The van der Waals surface area contributed by atoms with Crippen LogP contribution < -0.4 is 10.6 Å². The molecule has 1 aromatic carbocycles. The Kier molecular flexibility index (Phi) is 5.09. The molecule has 1 saturated heterocycles. The monoisotopic (exact) mass is 356 g/mol. The van der Waals surface area contributed by atoms with Crippen LogP contribution in [0.25, 0.3) is 0 Å². The van der Waals surface area contributed by atoms with Gasteiger partial charge in [-0.25, -0.2) is 12.7 Å². The molecule has 2 N–H and O–H groups in total. The fourth-order valence-electron chi connectivity index (χ4n) is 2.69. The third kappa shape index (κ3) is 3.49. The molecule has 1 aromatic rings. The molecule has 0 aliphatic carbocycles. The summed E-state index contributed by atoms with van der Waals surface area (Å²) in [4.78, 5) is 23.3. The maximum absolute atomic E-state index is 12.5. The minimum absolute atomic E-state index is 0.112. The zero-order valence-electron chi connectivity index (χ0n) is 13.5. The van der Waals surface area contributed by atoms with E-state index in [4.69, 9.17) is 5.73 Å². The van der Waals surface area contributed by atoms with E-state index in [1.807, 2.05) is 4.90 Å². The number of sulfonamides is 1.